The molecule has 1 unspecified atom stereocenters. The molecule has 2 aromatic carbocycles. The third kappa shape index (κ3) is 8.74. The largest absolute Gasteiger partial charge is 0.455 e. The summed E-state index contributed by atoms with van der Waals surface area (Å²) in [6.07, 6.45) is 3.48. The van der Waals surface area contributed by atoms with Gasteiger partial charge < -0.3 is 25.0 Å². The Kier molecular flexibility index (Phi) is 11.6. The van der Waals surface area contributed by atoms with Crippen molar-refractivity contribution in [2.45, 2.75) is 48.8 Å². The van der Waals surface area contributed by atoms with Crippen molar-refractivity contribution in [2.24, 2.45) is 0 Å². The van der Waals surface area contributed by atoms with E-state index >= 15 is 0 Å². The van der Waals surface area contributed by atoms with Gasteiger partial charge in [0, 0.05) is 13.7 Å². The van der Waals surface area contributed by atoms with Crippen molar-refractivity contribution in [3.8, 4) is 11.5 Å². The van der Waals surface area contributed by atoms with Gasteiger partial charge in [0.25, 0.3) is 0 Å². The highest BCUT2D eigenvalue weighted by atomic mass is 32.2. The number of aromatic nitrogens is 3. The highest BCUT2D eigenvalue weighted by Gasteiger charge is 2.33. The third-order valence-corrected chi connectivity index (χ3v) is 7.69. The fourth-order valence-electron chi connectivity index (χ4n) is 4.47. The predicted octanol–water partition coefficient (Wildman–Crippen LogP) is 4.42. The van der Waals surface area contributed by atoms with Crippen molar-refractivity contribution in [2.75, 3.05) is 20.2 Å². The topological polar surface area (TPSA) is 139 Å². The van der Waals surface area contributed by atoms with Crippen LogP contribution in [0.1, 0.15) is 24.1 Å². The molecule has 1 atom stereocenters. The number of alkyl halides is 2. The fourth-order valence-corrected chi connectivity index (χ4v) is 5.40. The van der Waals surface area contributed by atoms with Crippen LogP contribution in [0.4, 0.5) is 8.78 Å². The molecule has 1 saturated heterocycles. The maximum absolute atomic E-state index is 12.4. The molecule has 14 heteroatoms. The second-order valence-corrected chi connectivity index (χ2v) is 10.7. The number of hydrogen-bond acceptors (Lipinski definition) is 8. The number of nitrogens with one attached hydrogen (secondary N) is 3. The summed E-state index contributed by atoms with van der Waals surface area (Å²) in [4.78, 5) is 43.0. The van der Waals surface area contributed by atoms with Crippen LogP contribution >= 0.6 is 11.8 Å². The Morgan fingerprint density at radius 3 is 2.73 bits per heavy atom. The van der Waals surface area contributed by atoms with Crippen LogP contribution < -0.4 is 15.4 Å². The molecule has 4 aromatic rings. The number of H-pyrrole nitrogens is 1. The zero-order chi connectivity index (χ0) is 31.5. The van der Waals surface area contributed by atoms with Crippen LogP contribution in [0.3, 0.4) is 0 Å². The maximum Gasteiger partial charge on any atom is 0.345 e. The average Bonchev–Trinajstić information content (AvgIpc) is 3.72. The molecule has 0 bridgehead atoms. The van der Waals surface area contributed by atoms with E-state index < -0.39 is 12.7 Å². The monoisotopic (exact) mass is 626 g/mol. The summed E-state index contributed by atoms with van der Waals surface area (Å²) in [5.41, 5.74) is 3.52. The lowest BCUT2D eigenvalue weighted by atomic mass is 10.2. The minimum Gasteiger partial charge on any atom is -0.455 e. The first-order chi connectivity index (χ1) is 21.3. The SMILES string of the molecule is COC(F)F.Cc1ccc2c(c1)Oc1ccccc1S2.O=CNCC(=O)N1CCCC1C(=O)NCc1ccc2[nH]ncc2n1. The Morgan fingerprint density at radius 2 is 1.95 bits per heavy atom. The molecular weight excluding hydrogens is 594 g/mol. The average molecular weight is 627 g/mol. The molecule has 2 aliphatic heterocycles. The molecule has 4 heterocycles. The Labute approximate surface area is 256 Å². The van der Waals surface area contributed by atoms with Gasteiger partial charge in [0.15, 0.2) is 0 Å². The number of carbonyl (C=O) groups excluding carboxylic acids is 3. The molecule has 11 nitrogen and oxygen atoms in total. The van der Waals surface area contributed by atoms with Crippen molar-refractivity contribution in [1.29, 1.82) is 0 Å². The van der Waals surface area contributed by atoms with E-state index in [0.29, 0.717) is 19.4 Å². The number of nitrogens with zero attached hydrogens (tertiary/aromatic N) is 3. The predicted molar refractivity (Wildman–Crippen MR) is 159 cm³/mol. The van der Waals surface area contributed by atoms with E-state index in [1.165, 1.54) is 20.3 Å². The van der Waals surface area contributed by atoms with Gasteiger partial charge in [0.05, 0.1) is 40.3 Å². The van der Waals surface area contributed by atoms with Gasteiger partial charge in [-0.05, 0) is 61.7 Å². The number of halogens is 2. The number of rotatable bonds is 7. The number of aryl methyl sites for hydroxylation is 1. The summed E-state index contributed by atoms with van der Waals surface area (Å²) >= 11 is 1.77. The van der Waals surface area contributed by atoms with E-state index in [1.54, 1.807) is 18.0 Å². The molecule has 2 aliphatic rings. The number of amides is 3. The smallest absolute Gasteiger partial charge is 0.345 e. The van der Waals surface area contributed by atoms with Gasteiger partial charge in [0.2, 0.25) is 18.2 Å². The standard InChI is InChI=1S/C15H18N6O3.C13H10OS.C2H4F2O/c22-9-16-8-14(23)21-5-1-2-13(21)15(24)17-6-10-3-4-11-12(19-10)7-18-20-11;1-9-6-7-13-11(8-9)14-10-4-2-3-5-12(10)15-13;1-5-2(3)4/h3-4,7,9,13H,1-2,5-6,8H2,(H,16,22)(H,17,24)(H,18,20);2-8H,1H3;2H,1H3. The molecule has 3 amide bonds. The fraction of sp³-hybridized carbons (Fsp3) is 0.300. The van der Waals surface area contributed by atoms with Crippen LogP contribution in [0.5, 0.6) is 11.5 Å². The van der Waals surface area contributed by atoms with E-state index in [2.05, 4.69) is 61.7 Å². The highest BCUT2D eigenvalue weighted by molar-refractivity contribution is 7.99. The lowest BCUT2D eigenvalue weighted by Crippen LogP contribution is -2.48. The highest BCUT2D eigenvalue weighted by Crippen LogP contribution is 2.46. The second kappa shape index (κ2) is 15.8. The Hall–Kier alpha value is -4.56. The lowest BCUT2D eigenvalue weighted by Gasteiger charge is -2.23. The number of hydrogen-bond donors (Lipinski definition) is 3. The van der Waals surface area contributed by atoms with Crippen LogP contribution in [-0.2, 0) is 25.7 Å². The summed E-state index contributed by atoms with van der Waals surface area (Å²) in [6.45, 7) is 0.178. The van der Waals surface area contributed by atoms with Crippen molar-refractivity contribution < 1.29 is 32.6 Å². The zero-order valence-electron chi connectivity index (χ0n) is 24.1. The minimum absolute atomic E-state index is 0.0913. The molecule has 3 N–H and O–H groups in total. The summed E-state index contributed by atoms with van der Waals surface area (Å²) < 4.78 is 30.3. The normalized spacial score (nSPS) is 14.7. The number of methoxy groups -OCH3 is 1. The molecule has 0 radical (unpaired) electrons. The Bertz CT molecular complexity index is 1590. The van der Waals surface area contributed by atoms with Gasteiger partial charge in [-0.1, -0.05) is 30.0 Å². The van der Waals surface area contributed by atoms with Gasteiger partial charge in [0.1, 0.15) is 23.1 Å². The van der Waals surface area contributed by atoms with E-state index in [1.807, 2.05) is 30.3 Å². The van der Waals surface area contributed by atoms with Gasteiger partial charge in [-0.3, -0.25) is 19.5 Å². The molecule has 0 spiro atoms. The van der Waals surface area contributed by atoms with Crippen LogP contribution in [-0.4, -0.2) is 71.2 Å². The number of fused-ring (bicyclic) bond motifs is 3. The number of para-hydroxylation sites is 1. The molecular formula is C30H32F2N6O5S. The van der Waals surface area contributed by atoms with E-state index in [9.17, 15) is 23.2 Å². The number of likely N-dealkylation sites (tertiary alicyclic amines) is 1. The molecule has 0 saturated carbocycles. The van der Waals surface area contributed by atoms with Crippen molar-refractivity contribution in [1.82, 2.24) is 30.7 Å². The Morgan fingerprint density at radius 1 is 1.18 bits per heavy atom. The maximum atomic E-state index is 12.4. The zero-order valence-corrected chi connectivity index (χ0v) is 24.9. The van der Waals surface area contributed by atoms with Crippen molar-refractivity contribution in [3.63, 3.8) is 0 Å². The molecule has 0 aliphatic carbocycles. The first-order valence-corrected chi connectivity index (χ1v) is 14.5. The summed E-state index contributed by atoms with van der Waals surface area (Å²) in [5.74, 6) is 1.47. The van der Waals surface area contributed by atoms with Crippen LogP contribution in [0.15, 0.2) is 70.6 Å². The van der Waals surface area contributed by atoms with Gasteiger partial charge >= 0.3 is 6.61 Å². The first kappa shape index (κ1) is 32.4. The quantitative estimate of drug-likeness (QED) is 0.226. The van der Waals surface area contributed by atoms with Gasteiger partial charge in [-0.25, -0.2) is 4.98 Å². The first-order valence-electron chi connectivity index (χ1n) is 13.7. The summed E-state index contributed by atoms with van der Waals surface area (Å²) in [5, 5.41) is 11.9. The molecule has 1 fully saturated rings. The van der Waals surface area contributed by atoms with E-state index in [4.69, 9.17) is 4.74 Å². The number of pyridine rings is 1. The number of carbonyl (C=O) groups is 3. The number of benzene rings is 2. The minimum atomic E-state index is -2.62. The van der Waals surface area contributed by atoms with E-state index in [-0.39, 0.29) is 24.9 Å². The summed E-state index contributed by atoms with van der Waals surface area (Å²) in [6, 6.07) is 17.6. The van der Waals surface area contributed by atoms with Crippen LogP contribution in [0.2, 0.25) is 0 Å². The van der Waals surface area contributed by atoms with Gasteiger partial charge in [-0.2, -0.15) is 13.9 Å². The van der Waals surface area contributed by atoms with E-state index in [0.717, 1.165) is 41.8 Å². The number of aromatic amines is 1. The molecule has 2 aromatic heterocycles. The van der Waals surface area contributed by atoms with Crippen LogP contribution in [0, 0.1) is 6.92 Å². The van der Waals surface area contributed by atoms with Crippen molar-refractivity contribution >= 4 is 41.0 Å². The second-order valence-electron chi connectivity index (χ2n) is 9.66. The van der Waals surface area contributed by atoms with Gasteiger partial charge in [-0.15, -0.1) is 0 Å². The molecule has 6 rings (SSSR count). The molecule has 44 heavy (non-hydrogen) atoms. The Balaban J connectivity index is 0.000000187. The lowest BCUT2D eigenvalue weighted by molar-refractivity contribution is -0.138. The third-order valence-electron chi connectivity index (χ3n) is 6.58. The van der Waals surface area contributed by atoms with Crippen molar-refractivity contribution in [3.05, 3.63) is 72.1 Å². The number of ether oxygens (including phenoxy) is 2. The molecule has 232 valence electrons. The van der Waals surface area contributed by atoms with Crippen LogP contribution in [0.25, 0.3) is 11.0 Å². The summed E-state index contributed by atoms with van der Waals surface area (Å²) in [7, 11) is 0.949.